The van der Waals surface area contributed by atoms with Crippen LogP contribution in [0.15, 0.2) is 48.5 Å². The summed E-state index contributed by atoms with van der Waals surface area (Å²) < 4.78 is 75.9. The van der Waals surface area contributed by atoms with Crippen LogP contribution in [0.1, 0.15) is 79.1 Å². The zero-order valence-corrected chi connectivity index (χ0v) is 31.8. The van der Waals surface area contributed by atoms with Gasteiger partial charge in [-0.1, -0.05) is 18.2 Å². The number of hydrogen-bond acceptors (Lipinski definition) is 9. The molecule has 3 aromatic rings. The van der Waals surface area contributed by atoms with Crippen molar-refractivity contribution in [1.82, 2.24) is 4.58 Å². The van der Waals surface area contributed by atoms with Crippen molar-refractivity contribution in [2.24, 2.45) is 0 Å². The molecule has 282 valence electrons. The molecule has 0 radical (unpaired) electrons. The number of carboxylic acids is 1. The van der Waals surface area contributed by atoms with E-state index in [0.29, 0.717) is 43.2 Å². The minimum absolute atomic E-state index is 0.155. The highest BCUT2D eigenvalue weighted by atomic mass is 32.2. The van der Waals surface area contributed by atoms with Gasteiger partial charge in [0.25, 0.3) is 0 Å². The van der Waals surface area contributed by atoms with E-state index < -0.39 is 37.7 Å². The fourth-order valence-electron chi connectivity index (χ4n) is 7.46. The third kappa shape index (κ3) is 9.58. The van der Waals surface area contributed by atoms with Crippen molar-refractivity contribution < 1.29 is 45.5 Å². The van der Waals surface area contributed by atoms with E-state index in [9.17, 15) is 35.8 Å². The zero-order valence-electron chi connectivity index (χ0n) is 30.1. The van der Waals surface area contributed by atoms with E-state index in [-0.39, 0.29) is 18.4 Å². The van der Waals surface area contributed by atoms with E-state index in [0.717, 1.165) is 64.2 Å². The molecule has 0 unspecified atom stereocenters. The van der Waals surface area contributed by atoms with Crippen molar-refractivity contribution in [2.45, 2.75) is 59.3 Å². The second kappa shape index (κ2) is 16.9. The van der Waals surface area contributed by atoms with Gasteiger partial charge in [-0.3, -0.25) is 0 Å². The van der Waals surface area contributed by atoms with Gasteiger partial charge in [0.1, 0.15) is 24.6 Å². The van der Waals surface area contributed by atoms with Gasteiger partial charge in [0.2, 0.25) is 5.36 Å². The molecule has 12 nitrogen and oxygen atoms in total. The minimum atomic E-state index is -4.33. The molecule has 0 spiro atoms. The third-order valence-electron chi connectivity index (χ3n) is 10.1. The van der Waals surface area contributed by atoms with E-state index in [2.05, 4.69) is 30.2 Å². The normalized spacial score (nSPS) is 15.2. The number of quaternary nitrogens is 1. The first-order valence-corrected chi connectivity index (χ1v) is 21.3. The maximum absolute atomic E-state index is 12.4. The van der Waals surface area contributed by atoms with Crippen molar-refractivity contribution in [1.29, 1.82) is 0 Å². The Kier molecular flexibility index (Phi) is 12.8. The van der Waals surface area contributed by atoms with Crippen LogP contribution in [-0.2, 0) is 33.1 Å². The molecule has 0 bridgehead atoms. The number of aryl methyl sites for hydroxylation is 2. The van der Waals surface area contributed by atoms with Gasteiger partial charge in [-0.15, -0.1) is 0 Å². The molecule has 52 heavy (non-hydrogen) atoms. The van der Waals surface area contributed by atoms with Gasteiger partial charge in [0, 0.05) is 71.1 Å². The van der Waals surface area contributed by atoms with Crippen LogP contribution in [0, 0.1) is 0 Å². The lowest BCUT2D eigenvalue weighted by Crippen LogP contribution is -3.11. The van der Waals surface area contributed by atoms with Crippen LogP contribution in [0.5, 0.6) is 11.5 Å². The Balaban J connectivity index is 0.000000679. The Morgan fingerprint density at radius 2 is 1.54 bits per heavy atom. The first-order valence-electron chi connectivity index (χ1n) is 18.2. The monoisotopic (exact) mass is 755 g/mol. The van der Waals surface area contributed by atoms with Crippen LogP contribution in [0.2, 0.25) is 0 Å². The number of rotatable bonds is 13. The molecule has 2 N–H and O–H groups in total. The fraction of sp³-hybridized carbons (Fsp3) is 0.474. The van der Waals surface area contributed by atoms with Crippen molar-refractivity contribution in [3.63, 3.8) is 0 Å². The summed E-state index contributed by atoms with van der Waals surface area (Å²) in [5.74, 6) is -0.887. The fourth-order valence-corrected chi connectivity index (χ4v) is 8.42. The van der Waals surface area contributed by atoms with Crippen LogP contribution in [-0.4, -0.2) is 94.3 Å². The van der Waals surface area contributed by atoms with Crippen LogP contribution in [0.25, 0.3) is 5.57 Å². The molecule has 3 aliphatic heterocycles. The minimum Gasteiger partial charge on any atom is -0.748 e. The summed E-state index contributed by atoms with van der Waals surface area (Å²) >= 11 is 0. The number of nitrogens with one attached hydrogen (secondary N) is 1. The average molecular weight is 756 g/mol. The van der Waals surface area contributed by atoms with Gasteiger partial charge >= 0.3 is 5.97 Å². The molecule has 0 saturated carbocycles. The molecular formula is C38H49N3O9S2. The average Bonchev–Trinajstić information content (AvgIpc) is 3.09. The van der Waals surface area contributed by atoms with Gasteiger partial charge in [-0.05, 0) is 75.8 Å². The highest BCUT2D eigenvalue weighted by Gasteiger charge is 2.29. The molecule has 0 aliphatic carbocycles. The number of carboxylic acid groups (broad SMARTS) is 1. The molecule has 0 atom stereocenters. The lowest BCUT2D eigenvalue weighted by molar-refractivity contribution is -0.894. The Bertz CT molecular complexity index is 2140. The second-order valence-electron chi connectivity index (χ2n) is 13.5. The quantitative estimate of drug-likeness (QED) is 0.151. The van der Waals surface area contributed by atoms with E-state index in [1.165, 1.54) is 19.6 Å². The van der Waals surface area contributed by atoms with Crippen LogP contribution < -0.4 is 29.7 Å². The highest BCUT2D eigenvalue weighted by molar-refractivity contribution is 7.85. The summed E-state index contributed by atoms with van der Waals surface area (Å²) in [6.45, 7) is 12.7. The molecule has 0 aromatic heterocycles. The van der Waals surface area contributed by atoms with Crippen molar-refractivity contribution in [3.05, 3.63) is 86.9 Å². The standard InChI is InChI=1S/C32H34N2O9S2.C6H15N/c35-32(36)24-10-2-1-9-23(24)31-25-17-21-7-3-11-33(13-5-15-44(37,38)39)27(21)19-29(25)43-30-20-28-22(18-26(30)31)8-4-12-34(28)14-6-16-45(40,41)42;1-4-7(5-2)6-3/h1-2,9-10,17-20H,3-8,11-16H2,(H2-,35,36,37,38,39,40,41,42);4-6H2,1-3H3. The summed E-state index contributed by atoms with van der Waals surface area (Å²) in [5, 5.41) is 11.8. The third-order valence-corrected chi connectivity index (χ3v) is 11.7. The topological polar surface area (TPSA) is 172 Å². The maximum atomic E-state index is 12.4. The van der Waals surface area contributed by atoms with E-state index in [1.54, 1.807) is 29.2 Å². The molecule has 14 heteroatoms. The highest BCUT2D eigenvalue weighted by Crippen LogP contribution is 2.42. The summed E-state index contributed by atoms with van der Waals surface area (Å²) in [6, 6.07) is 14.8. The smallest absolute Gasteiger partial charge is 0.336 e. The first-order chi connectivity index (χ1) is 24.7. The van der Waals surface area contributed by atoms with E-state index >= 15 is 0 Å². The molecular weight excluding hydrogens is 707 g/mol. The summed E-state index contributed by atoms with van der Waals surface area (Å²) in [6.07, 6.45) is 3.63. The summed E-state index contributed by atoms with van der Waals surface area (Å²) in [5.41, 5.74) is 5.14. The molecule has 0 fully saturated rings. The number of anilines is 1. The largest absolute Gasteiger partial charge is 0.748 e. The number of fused-ring (bicyclic) bond motifs is 4. The Hall–Kier alpha value is -3.82. The van der Waals surface area contributed by atoms with Crippen molar-refractivity contribution in [3.8, 4) is 11.5 Å². The lowest BCUT2D eigenvalue weighted by atomic mass is 9.86. The van der Waals surface area contributed by atoms with Gasteiger partial charge in [0.05, 0.1) is 51.5 Å². The Morgan fingerprint density at radius 1 is 0.865 bits per heavy atom. The maximum Gasteiger partial charge on any atom is 0.336 e. The van der Waals surface area contributed by atoms with Crippen molar-refractivity contribution in [2.75, 3.05) is 62.2 Å². The van der Waals surface area contributed by atoms with Crippen molar-refractivity contribution >= 4 is 37.5 Å². The van der Waals surface area contributed by atoms with Gasteiger partial charge in [-0.2, -0.15) is 0 Å². The first kappa shape index (κ1) is 39.4. The Morgan fingerprint density at radius 3 is 2.19 bits per heavy atom. The lowest BCUT2D eigenvalue weighted by Gasteiger charge is -2.33. The molecule has 0 amide bonds. The second-order valence-corrected chi connectivity index (χ2v) is 16.6. The molecule has 3 aromatic carbocycles. The number of nitrogens with zero attached hydrogens (tertiary/aromatic N) is 2. The van der Waals surface area contributed by atoms with E-state index in [4.69, 9.17) is 4.74 Å². The predicted octanol–water partition coefficient (Wildman–Crippen LogP) is 1.73. The summed E-state index contributed by atoms with van der Waals surface area (Å²) in [4.78, 5) is 16.1. The van der Waals surface area contributed by atoms with Gasteiger partial charge in [0.15, 0.2) is 0 Å². The van der Waals surface area contributed by atoms with Crippen LogP contribution in [0.3, 0.4) is 0 Å². The Labute approximate surface area is 306 Å². The zero-order chi connectivity index (χ0) is 37.6. The van der Waals surface area contributed by atoms with Crippen LogP contribution >= 0.6 is 0 Å². The van der Waals surface area contributed by atoms with Gasteiger partial charge < -0.3 is 28.7 Å². The summed E-state index contributed by atoms with van der Waals surface area (Å²) in [7, 11) is -8.65. The SMILES string of the molecule is CC[NH+](CC)CC.O=C(O)c1ccccc1C1=c2cc3c(cc2Oc2cc4c(cc21)CCCN4CCCS(=O)(=O)[O-])=[N+](CCCS(=O)(=O)[O-])CCC3. The van der Waals surface area contributed by atoms with Crippen LogP contribution in [0.4, 0.5) is 5.69 Å². The predicted molar refractivity (Wildman–Crippen MR) is 198 cm³/mol. The molecule has 3 heterocycles. The molecule has 6 rings (SSSR count). The number of ether oxygens (including phenoxy) is 1. The number of aromatic carboxylic acids is 1. The number of carbonyl (C=O) groups is 1. The van der Waals surface area contributed by atoms with E-state index in [1.807, 2.05) is 24.3 Å². The number of hydrogen-bond donors (Lipinski definition) is 2. The van der Waals surface area contributed by atoms with Gasteiger partial charge in [-0.25, -0.2) is 26.2 Å². The molecule has 0 saturated heterocycles. The number of benzene rings is 3. The molecule has 3 aliphatic rings.